The Bertz CT molecular complexity index is 1910. The van der Waals surface area contributed by atoms with Crippen molar-refractivity contribution in [3.8, 4) is 0 Å². The third-order valence-electron chi connectivity index (χ3n) is 9.77. The molecule has 0 fully saturated rings. The second-order valence-electron chi connectivity index (χ2n) is 13.7. The standard InChI is InChI=1S/C36H51N3O13S3/c1-5-50-34(42)19-21-35(3)27(2)37-39(23-13-25-55(47,48)49)32(35)15-9-6-8-14-31-36(4,20-12-24-54(44,45)46)29-26-28(53-52-51-43)17-18-30(29)38(31)22-11-7-10-16-33(40)41/h6,8-9,14-15,17-18,26H,5,7,10-13,16,19-25H2,1-4H3,(H3-,40,41,43,44,45,46,47,48,49)/p+1. The molecular formula is C36H52N3O13S3+. The van der Waals surface area contributed by atoms with Gasteiger partial charge in [0.25, 0.3) is 20.2 Å². The minimum absolute atomic E-state index is 0.0542. The highest BCUT2D eigenvalue weighted by atomic mass is 32.2. The zero-order valence-electron chi connectivity index (χ0n) is 31.5. The first kappa shape index (κ1) is 46.0. The summed E-state index contributed by atoms with van der Waals surface area (Å²) in [6.07, 6.45) is 12.2. The van der Waals surface area contributed by atoms with Gasteiger partial charge in [0.1, 0.15) is 6.54 Å². The van der Waals surface area contributed by atoms with E-state index in [4.69, 9.17) is 15.1 Å². The molecule has 16 nitrogen and oxygen atoms in total. The molecule has 2 unspecified atom stereocenters. The molecule has 0 aromatic heterocycles. The molecule has 0 spiro atoms. The Morgan fingerprint density at radius 2 is 1.65 bits per heavy atom. The van der Waals surface area contributed by atoms with Crippen LogP contribution in [0.3, 0.4) is 0 Å². The van der Waals surface area contributed by atoms with Crippen molar-refractivity contribution >= 4 is 61.3 Å². The Hall–Kier alpha value is -3.43. The van der Waals surface area contributed by atoms with Gasteiger partial charge in [0, 0.05) is 65.2 Å². The lowest BCUT2D eigenvalue weighted by Gasteiger charge is -2.29. The molecule has 0 amide bonds. The van der Waals surface area contributed by atoms with Gasteiger partial charge in [0.05, 0.1) is 35.6 Å². The number of nitrogens with zero attached hydrogens (tertiary/aromatic N) is 3. The van der Waals surface area contributed by atoms with Crippen molar-refractivity contribution in [3.63, 3.8) is 0 Å². The summed E-state index contributed by atoms with van der Waals surface area (Å²) < 4.78 is 77.0. The minimum atomic E-state index is -4.23. The molecule has 0 saturated heterocycles. The van der Waals surface area contributed by atoms with Gasteiger partial charge in [-0.25, -0.2) is 5.26 Å². The molecule has 2 aliphatic heterocycles. The summed E-state index contributed by atoms with van der Waals surface area (Å²) in [5.41, 5.74) is 2.56. The third kappa shape index (κ3) is 13.6. The SMILES string of the molecule is CCOC(=O)CCC1(C)C(C)=NN(CCCS(=O)(=O)O)\C1=C/C=C/C=C/C1=[N+](CCCCCC(=O)O)c2ccc(SOOO)cc2C1(C)CCCS(=O)(=O)O. The van der Waals surface area contributed by atoms with E-state index in [2.05, 4.69) is 19.0 Å². The van der Waals surface area contributed by atoms with Crippen molar-refractivity contribution in [2.24, 2.45) is 10.5 Å². The summed E-state index contributed by atoms with van der Waals surface area (Å²) in [5, 5.41) is 28.0. The summed E-state index contributed by atoms with van der Waals surface area (Å²) in [4.78, 5) is 24.0. The number of fused-ring (bicyclic) bond motifs is 1. The Balaban J connectivity index is 2.03. The number of hydrazone groups is 1. The maximum absolute atomic E-state index is 12.3. The zero-order chi connectivity index (χ0) is 40.9. The first-order chi connectivity index (χ1) is 25.8. The number of ether oxygens (including phenoxy) is 1. The van der Waals surface area contributed by atoms with Crippen molar-refractivity contribution in [2.45, 2.75) is 95.8 Å². The molecule has 2 atom stereocenters. The van der Waals surface area contributed by atoms with E-state index in [1.54, 1.807) is 30.2 Å². The normalized spacial score (nSPS) is 21.0. The highest BCUT2D eigenvalue weighted by Crippen LogP contribution is 2.45. The van der Waals surface area contributed by atoms with Crippen LogP contribution in [-0.2, 0) is 49.3 Å². The number of aliphatic carboxylic acids is 1. The maximum atomic E-state index is 12.3. The second kappa shape index (κ2) is 20.7. The quantitative estimate of drug-likeness (QED) is 0.0135. The average Bonchev–Trinajstić information content (AvgIpc) is 3.46. The Morgan fingerprint density at radius 1 is 0.945 bits per heavy atom. The van der Waals surface area contributed by atoms with Gasteiger partial charge in [-0.1, -0.05) is 23.3 Å². The van der Waals surface area contributed by atoms with Gasteiger partial charge in [0.2, 0.25) is 5.69 Å². The van der Waals surface area contributed by atoms with Gasteiger partial charge in [0.15, 0.2) is 5.71 Å². The lowest BCUT2D eigenvalue weighted by atomic mass is 9.76. The first-order valence-electron chi connectivity index (χ1n) is 18.0. The molecular weight excluding hydrogens is 779 g/mol. The van der Waals surface area contributed by atoms with E-state index in [1.807, 2.05) is 51.1 Å². The van der Waals surface area contributed by atoms with E-state index < -0.39 is 48.5 Å². The summed E-state index contributed by atoms with van der Waals surface area (Å²) >= 11 is 0.786. The van der Waals surface area contributed by atoms with Gasteiger partial charge >= 0.3 is 11.9 Å². The largest absolute Gasteiger partial charge is 0.481 e. The molecule has 2 heterocycles. The number of unbranched alkanes of at least 4 members (excludes halogenated alkanes) is 2. The lowest BCUT2D eigenvalue weighted by Crippen LogP contribution is -2.32. The van der Waals surface area contributed by atoms with E-state index in [-0.39, 0.29) is 44.8 Å². The second-order valence-corrected chi connectivity index (χ2v) is 17.7. The van der Waals surface area contributed by atoms with Crippen LogP contribution >= 0.6 is 12.0 Å². The summed E-state index contributed by atoms with van der Waals surface area (Å²) in [7, 11) is -8.41. The van der Waals surface area contributed by atoms with Crippen LogP contribution in [0.5, 0.6) is 0 Å². The van der Waals surface area contributed by atoms with Crippen LogP contribution in [0.25, 0.3) is 0 Å². The van der Waals surface area contributed by atoms with Crippen molar-refractivity contribution in [3.05, 3.63) is 59.8 Å². The highest BCUT2D eigenvalue weighted by Gasteiger charge is 2.47. The van der Waals surface area contributed by atoms with Gasteiger partial charge in [-0.15, -0.1) is 4.33 Å². The smallest absolute Gasteiger partial charge is 0.305 e. The molecule has 306 valence electrons. The first-order valence-corrected chi connectivity index (χ1v) is 21.9. The predicted molar refractivity (Wildman–Crippen MR) is 207 cm³/mol. The average molecular weight is 831 g/mol. The molecule has 0 aliphatic carbocycles. The Labute approximate surface area is 327 Å². The van der Waals surface area contributed by atoms with E-state index >= 15 is 0 Å². The number of hydrogen-bond acceptors (Lipinski definition) is 13. The lowest BCUT2D eigenvalue weighted by molar-refractivity contribution is -0.438. The monoisotopic (exact) mass is 830 g/mol. The number of esters is 1. The predicted octanol–water partition coefficient (Wildman–Crippen LogP) is 6.10. The number of benzene rings is 1. The van der Waals surface area contributed by atoms with Gasteiger partial charge in [-0.2, -0.15) is 26.5 Å². The van der Waals surface area contributed by atoms with Crippen molar-refractivity contribution in [2.75, 3.05) is 31.2 Å². The summed E-state index contributed by atoms with van der Waals surface area (Å²) in [6.45, 7) is 8.48. The molecule has 55 heavy (non-hydrogen) atoms. The summed E-state index contributed by atoms with van der Waals surface area (Å²) in [5.74, 6) is -2.09. The molecule has 1 aromatic rings. The number of rotatable bonds is 24. The minimum Gasteiger partial charge on any atom is -0.481 e. The number of carbonyl (C=O) groups is 2. The van der Waals surface area contributed by atoms with E-state index in [9.17, 15) is 35.5 Å². The fraction of sp³-hybridized carbons (Fsp3) is 0.556. The van der Waals surface area contributed by atoms with E-state index in [1.165, 1.54) is 0 Å². The topological polar surface area (TPSA) is 230 Å². The van der Waals surface area contributed by atoms with Crippen LogP contribution < -0.4 is 0 Å². The fourth-order valence-corrected chi connectivity index (χ4v) is 8.28. The number of hydrogen-bond donors (Lipinski definition) is 4. The molecule has 4 N–H and O–H groups in total. The van der Waals surface area contributed by atoms with Crippen LogP contribution in [0.2, 0.25) is 0 Å². The molecule has 1 aromatic carbocycles. The molecule has 2 aliphatic rings. The molecule has 0 radical (unpaired) electrons. The number of carbonyl (C=O) groups excluding carboxylic acids is 1. The van der Waals surface area contributed by atoms with E-state index in [0.29, 0.717) is 43.5 Å². The molecule has 0 saturated carbocycles. The van der Waals surface area contributed by atoms with Gasteiger partial charge in [-0.3, -0.25) is 23.7 Å². The molecule has 3 rings (SSSR count). The van der Waals surface area contributed by atoms with Crippen molar-refractivity contribution in [1.82, 2.24) is 5.01 Å². The third-order valence-corrected chi connectivity index (χ3v) is 12.0. The molecule has 19 heteroatoms. The van der Waals surface area contributed by atoms with Crippen LogP contribution in [0.1, 0.15) is 91.0 Å². The highest BCUT2D eigenvalue weighted by molar-refractivity contribution is 7.94. The van der Waals surface area contributed by atoms with Crippen LogP contribution in [0.4, 0.5) is 5.69 Å². The van der Waals surface area contributed by atoms with E-state index in [0.717, 1.165) is 40.4 Å². The van der Waals surface area contributed by atoms with Crippen molar-refractivity contribution in [1.29, 1.82) is 0 Å². The van der Waals surface area contributed by atoms with Crippen LogP contribution in [0, 0.1) is 5.41 Å². The fourth-order valence-electron chi connectivity index (χ4n) is 6.88. The number of allylic oxidation sites excluding steroid dienone is 6. The summed E-state index contributed by atoms with van der Waals surface area (Å²) in [6, 6.07) is 5.53. The number of carboxylic acid groups (broad SMARTS) is 1. The van der Waals surface area contributed by atoms with Crippen LogP contribution in [-0.4, -0.2) is 100 Å². The maximum Gasteiger partial charge on any atom is 0.305 e. The van der Waals surface area contributed by atoms with Gasteiger partial charge in [-0.05, 0) is 84.4 Å². The van der Waals surface area contributed by atoms with Crippen LogP contribution in [0.15, 0.2) is 64.3 Å². The zero-order valence-corrected chi connectivity index (χ0v) is 34.0. The van der Waals surface area contributed by atoms with Crippen molar-refractivity contribution < 1.29 is 64.6 Å². The van der Waals surface area contributed by atoms with Gasteiger partial charge < -0.3 is 9.84 Å². The molecule has 0 bridgehead atoms. The Kier molecular flexibility index (Phi) is 17.3. The number of carboxylic acids is 1. The Morgan fingerprint density at radius 3 is 2.31 bits per heavy atom.